The lowest BCUT2D eigenvalue weighted by Gasteiger charge is -2.52. The number of likely N-dealkylation sites (N-methyl/N-ethyl adjacent to an activating group) is 1. The predicted octanol–water partition coefficient (Wildman–Crippen LogP) is 1.24. The molecular formula is C36H30N4O11. The monoisotopic (exact) mass is 694 g/mol. The van der Waals surface area contributed by atoms with Crippen LogP contribution >= 0.6 is 0 Å². The van der Waals surface area contributed by atoms with Crippen LogP contribution in [0.5, 0.6) is 5.75 Å². The molecule has 1 heterocycles. The summed E-state index contributed by atoms with van der Waals surface area (Å²) < 4.78 is 0. The fraction of sp³-hybridized carbons (Fsp3) is 0.306. The Morgan fingerprint density at radius 1 is 0.980 bits per heavy atom. The summed E-state index contributed by atoms with van der Waals surface area (Å²) in [4.78, 5) is 108. The molecule has 260 valence electrons. The maximum Gasteiger partial charge on any atom is 0.270 e. The van der Waals surface area contributed by atoms with Crippen LogP contribution in [0, 0.1) is 33.8 Å². The van der Waals surface area contributed by atoms with Gasteiger partial charge in [-0.2, -0.15) is 0 Å². The van der Waals surface area contributed by atoms with Crippen LogP contribution in [0.25, 0.3) is 11.1 Å². The van der Waals surface area contributed by atoms with Gasteiger partial charge >= 0.3 is 0 Å². The van der Waals surface area contributed by atoms with Crippen molar-refractivity contribution in [3.05, 3.63) is 92.5 Å². The van der Waals surface area contributed by atoms with Gasteiger partial charge in [-0.25, -0.2) is 0 Å². The minimum absolute atomic E-state index is 0.0859. The number of hydrogen-bond acceptors (Lipinski definition) is 12. The SMILES string of the molecule is CN(C)[C@H]1C(=O)C(C(N)=O)C(=O)[C@]2(O)C(=O)C3C(=O)c4c(O)c(CN5C(=O)c6ccccc6C5=O)cc(-c5cccc([N+](=O)[O-])c5)c4C[C@@H]3C[C@H]12. The minimum Gasteiger partial charge on any atom is -0.507 e. The molecule has 3 aromatic rings. The van der Waals surface area contributed by atoms with Crippen LogP contribution in [0.1, 0.15) is 48.6 Å². The summed E-state index contributed by atoms with van der Waals surface area (Å²) in [5.74, 6) is -13.9. The van der Waals surface area contributed by atoms with Crippen molar-refractivity contribution in [3.8, 4) is 16.9 Å². The van der Waals surface area contributed by atoms with Crippen molar-refractivity contribution >= 4 is 46.5 Å². The van der Waals surface area contributed by atoms with Gasteiger partial charge in [0.2, 0.25) is 5.91 Å². The molecule has 0 spiro atoms. The molecule has 3 aromatic carbocycles. The Morgan fingerprint density at radius 2 is 1.63 bits per heavy atom. The van der Waals surface area contributed by atoms with Gasteiger partial charge in [0.1, 0.15) is 5.75 Å². The van der Waals surface area contributed by atoms with E-state index in [1.54, 1.807) is 12.1 Å². The Hall–Kier alpha value is -5.93. The first-order chi connectivity index (χ1) is 24.1. The third-order valence-electron chi connectivity index (χ3n) is 10.7. The first kappa shape index (κ1) is 33.6. The Morgan fingerprint density at radius 3 is 2.22 bits per heavy atom. The topological polar surface area (TPSA) is 236 Å². The van der Waals surface area contributed by atoms with Gasteiger partial charge in [0.25, 0.3) is 17.5 Å². The molecule has 0 saturated heterocycles. The lowest BCUT2D eigenvalue weighted by Crippen LogP contribution is -2.74. The highest BCUT2D eigenvalue weighted by Crippen LogP contribution is 2.52. The molecule has 4 aliphatic rings. The number of fused-ring (bicyclic) bond motifs is 4. The highest BCUT2D eigenvalue weighted by atomic mass is 16.6. The molecule has 0 aromatic heterocycles. The largest absolute Gasteiger partial charge is 0.507 e. The fourth-order valence-electron chi connectivity index (χ4n) is 8.45. The predicted molar refractivity (Wildman–Crippen MR) is 174 cm³/mol. The van der Waals surface area contributed by atoms with Crippen molar-refractivity contribution < 1.29 is 48.7 Å². The van der Waals surface area contributed by atoms with E-state index in [0.717, 1.165) is 4.90 Å². The van der Waals surface area contributed by atoms with Gasteiger partial charge in [-0.05, 0) is 67.7 Å². The number of aromatic hydroxyl groups is 1. The zero-order valence-electron chi connectivity index (χ0n) is 27.2. The number of ketones is 4. The number of hydrogen-bond donors (Lipinski definition) is 3. The highest BCUT2D eigenvalue weighted by molar-refractivity contribution is 6.32. The number of phenolic OH excluding ortho intramolecular Hbond substituents is 1. The molecule has 3 amide bonds. The Bertz CT molecular complexity index is 2140. The van der Waals surface area contributed by atoms with Gasteiger partial charge in [-0.3, -0.25) is 53.5 Å². The number of Topliss-reactive ketones (excluding diaryl/α,β-unsaturated/α-hetero) is 4. The third-order valence-corrected chi connectivity index (χ3v) is 10.7. The zero-order chi connectivity index (χ0) is 36.8. The molecule has 0 radical (unpaired) electrons. The number of nitro groups is 1. The number of carbonyl (C=O) groups excluding carboxylic acids is 7. The van der Waals surface area contributed by atoms with Crippen LogP contribution in [-0.2, 0) is 32.1 Å². The molecule has 2 unspecified atom stereocenters. The number of non-ortho nitro benzene ring substituents is 1. The lowest BCUT2D eigenvalue weighted by atomic mass is 9.52. The second kappa shape index (κ2) is 11.6. The second-order valence-electron chi connectivity index (χ2n) is 13.6. The zero-order valence-corrected chi connectivity index (χ0v) is 27.2. The molecule has 2 fully saturated rings. The fourth-order valence-corrected chi connectivity index (χ4v) is 8.45. The number of carbonyl (C=O) groups is 7. The molecule has 7 rings (SSSR count). The van der Waals surface area contributed by atoms with E-state index < -0.39 is 93.4 Å². The Balaban J connectivity index is 1.39. The van der Waals surface area contributed by atoms with Crippen LogP contribution in [0.4, 0.5) is 5.69 Å². The number of imide groups is 1. The second-order valence-corrected chi connectivity index (χ2v) is 13.6. The van der Waals surface area contributed by atoms with Crippen molar-refractivity contribution in [1.82, 2.24) is 9.80 Å². The summed E-state index contributed by atoms with van der Waals surface area (Å²) in [6.45, 7) is -0.514. The van der Waals surface area contributed by atoms with Gasteiger partial charge in [0.15, 0.2) is 34.7 Å². The molecule has 3 aliphatic carbocycles. The minimum atomic E-state index is -2.94. The van der Waals surface area contributed by atoms with E-state index >= 15 is 0 Å². The number of nitrogens with zero attached hydrogens (tertiary/aromatic N) is 3. The summed E-state index contributed by atoms with van der Waals surface area (Å²) in [6.07, 6.45) is -0.305. The average molecular weight is 695 g/mol. The van der Waals surface area contributed by atoms with E-state index in [9.17, 15) is 53.9 Å². The number of aliphatic hydroxyl groups is 1. The highest BCUT2D eigenvalue weighted by Gasteiger charge is 2.69. The smallest absolute Gasteiger partial charge is 0.270 e. The third kappa shape index (κ3) is 4.68. The van der Waals surface area contributed by atoms with Crippen molar-refractivity contribution in [1.29, 1.82) is 0 Å². The molecule has 15 nitrogen and oxygen atoms in total. The average Bonchev–Trinajstić information content (AvgIpc) is 3.32. The normalized spacial score (nSPS) is 26.9. The number of rotatable bonds is 6. The summed E-state index contributed by atoms with van der Waals surface area (Å²) in [6, 6.07) is 11.7. The number of benzene rings is 3. The molecule has 15 heteroatoms. The first-order valence-electron chi connectivity index (χ1n) is 16.0. The molecule has 2 saturated carbocycles. The van der Waals surface area contributed by atoms with Gasteiger partial charge in [-0.1, -0.05) is 24.3 Å². The van der Waals surface area contributed by atoms with Crippen LogP contribution in [0.15, 0.2) is 54.6 Å². The number of phenols is 1. The summed E-state index contributed by atoms with van der Waals surface area (Å²) in [7, 11) is 2.95. The number of primary amides is 1. The van der Waals surface area contributed by atoms with Crippen molar-refractivity contribution in [3.63, 3.8) is 0 Å². The number of nitro benzene ring substituents is 1. The standard InChI is InChI=1S/C36H30N4O11/c1-38(2)27-23-13-16-11-22-21(15-6-5-7-18(10-15)40(50)51)12-17(14-39-34(47)19-8-3-4-9-20(19)35(39)48)28(41)25(22)29(42)24(16)31(44)36(23,49)32(45)26(30(27)43)33(37)46/h3-10,12,16,23-24,26-27,41,49H,11,13-14H2,1-2H3,(H2,37,46)/t16-,23-,24?,26?,27-,36-/m1/s1. The summed E-state index contributed by atoms with van der Waals surface area (Å²) in [5.41, 5.74) is 2.68. The van der Waals surface area contributed by atoms with Crippen molar-refractivity contribution in [2.75, 3.05) is 14.1 Å². The molecular weight excluding hydrogens is 664 g/mol. The van der Waals surface area contributed by atoms with Crippen LogP contribution in [0.3, 0.4) is 0 Å². The van der Waals surface area contributed by atoms with Crippen LogP contribution < -0.4 is 5.73 Å². The maximum atomic E-state index is 14.5. The van der Waals surface area contributed by atoms with E-state index in [1.165, 1.54) is 61.5 Å². The van der Waals surface area contributed by atoms with Crippen LogP contribution in [-0.4, -0.2) is 91.5 Å². The van der Waals surface area contributed by atoms with Crippen molar-refractivity contribution in [2.45, 2.75) is 31.0 Å². The Kier molecular flexibility index (Phi) is 7.61. The van der Waals surface area contributed by atoms with Crippen LogP contribution in [0.2, 0.25) is 0 Å². The van der Waals surface area contributed by atoms with E-state index in [2.05, 4.69) is 0 Å². The first-order valence-corrected chi connectivity index (χ1v) is 16.0. The van der Waals surface area contributed by atoms with Gasteiger partial charge in [0, 0.05) is 23.6 Å². The lowest BCUT2D eigenvalue weighted by molar-refractivity contribution is -0.384. The van der Waals surface area contributed by atoms with Crippen molar-refractivity contribution in [2.24, 2.45) is 29.4 Å². The van der Waals surface area contributed by atoms with E-state index in [4.69, 9.17) is 5.73 Å². The van der Waals surface area contributed by atoms with E-state index in [0.29, 0.717) is 0 Å². The van der Waals surface area contributed by atoms with Gasteiger partial charge in [0.05, 0.1) is 40.1 Å². The quantitative estimate of drug-likeness (QED) is 0.143. The summed E-state index contributed by atoms with van der Waals surface area (Å²) in [5, 5.41) is 35.4. The maximum absolute atomic E-state index is 14.5. The molecule has 1 aliphatic heterocycles. The van der Waals surface area contributed by atoms with E-state index in [-0.39, 0.29) is 57.5 Å². The molecule has 51 heavy (non-hydrogen) atoms. The molecule has 4 N–H and O–H groups in total. The molecule has 6 atom stereocenters. The molecule has 0 bridgehead atoms. The van der Waals surface area contributed by atoms with E-state index in [1.807, 2.05) is 0 Å². The van der Waals surface area contributed by atoms with Gasteiger partial charge in [-0.15, -0.1) is 0 Å². The Labute approximate surface area is 288 Å². The number of nitrogens with two attached hydrogens (primary N) is 1. The van der Waals surface area contributed by atoms with Gasteiger partial charge < -0.3 is 15.9 Å². The number of amides is 3. The summed E-state index contributed by atoms with van der Waals surface area (Å²) >= 11 is 0.